The van der Waals surface area contributed by atoms with E-state index in [0.717, 1.165) is 17.5 Å². The Morgan fingerprint density at radius 3 is 3.00 bits per heavy atom. The van der Waals surface area contributed by atoms with Crippen LogP contribution >= 0.6 is 0 Å². The van der Waals surface area contributed by atoms with E-state index in [9.17, 15) is 5.11 Å². The highest BCUT2D eigenvalue weighted by Crippen LogP contribution is 2.36. The summed E-state index contributed by atoms with van der Waals surface area (Å²) in [7, 11) is 0. The first-order valence-electron chi connectivity index (χ1n) is 4.46. The maximum absolute atomic E-state index is 10.0. The number of aliphatic hydroxyl groups is 1. The van der Waals surface area contributed by atoms with Crippen molar-refractivity contribution in [3.63, 3.8) is 0 Å². The third kappa shape index (κ3) is 1.15. The molecule has 2 rings (SSSR count). The van der Waals surface area contributed by atoms with Gasteiger partial charge in [-0.05, 0) is 30.9 Å². The van der Waals surface area contributed by atoms with E-state index in [4.69, 9.17) is 6.42 Å². The molecule has 0 spiro atoms. The second-order valence-electron chi connectivity index (χ2n) is 3.67. The summed E-state index contributed by atoms with van der Waals surface area (Å²) in [6, 6.07) is 6.10. The molecule has 0 amide bonds. The molecule has 0 saturated heterocycles. The van der Waals surface area contributed by atoms with Crippen molar-refractivity contribution in [2.24, 2.45) is 0 Å². The monoisotopic (exact) mass is 172 g/mol. The summed E-state index contributed by atoms with van der Waals surface area (Å²) in [6.07, 6.45) is 6.87. The Labute approximate surface area is 78.4 Å². The standard InChI is InChI=1S/C12H12O/c1-3-12(13)7-6-10-5-4-9(2)8-11(10)12/h1,4-5,8,13H,6-7H2,2H3. The predicted molar refractivity (Wildman–Crippen MR) is 52.2 cm³/mol. The van der Waals surface area contributed by atoms with Gasteiger partial charge >= 0.3 is 0 Å². The van der Waals surface area contributed by atoms with Crippen molar-refractivity contribution in [2.45, 2.75) is 25.4 Å². The number of terminal acetylenes is 1. The van der Waals surface area contributed by atoms with Crippen molar-refractivity contribution in [2.75, 3.05) is 0 Å². The lowest BCUT2D eigenvalue weighted by atomic mass is 9.96. The van der Waals surface area contributed by atoms with Crippen molar-refractivity contribution >= 4 is 0 Å². The maximum atomic E-state index is 10.0. The van der Waals surface area contributed by atoms with Gasteiger partial charge in [0, 0.05) is 0 Å². The van der Waals surface area contributed by atoms with Crippen LogP contribution < -0.4 is 0 Å². The van der Waals surface area contributed by atoms with Crippen molar-refractivity contribution < 1.29 is 5.11 Å². The Morgan fingerprint density at radius 2 is 2.31 bits per heavy atom. The van der Waals surface area contributed by atoms with Gasteiger partial charge < -0.3 is 5.11 Å². The molecule has 1 atom stereocenters. The molecule has 0 heterocycles. The van der Waals surface area contributed by atoms with Gasteiger partial charge in [0.1, 0.15) is 0 Å². The van der Waals surface area contributed by atoms with E-state index in [-0.39, 0.29) is 0 Å². The van der Waals surface area contributed by atoms with Crippen molar-refractivity contribution in [1.29, 1.82) is 0 Å². The summed E-state index contributed by atoms with van der Waals surface area (Å²) in [6.45, 7) is 2.01. The number of rotatable bonds is 0. The van der Waals surface area contributed by atoms with Crippen molar-refractivity contribution in [3.05, 3.63) is 34.9 Å². The van der Waals surface area contributed by atoms with Gasteiger partial charge in [-0.15, -0.1) is 6.42 Å². The molecule has 1 unspecified atom stereocenters. The zero-order valence-corrected chi connectivity index (χ0v) is 7.67. The van der Waals surface area contributed by atoms with Crippen LogP contribution in [0, 0.1) is 19.3 Å². The average molecular weight is 172 g/mol. The second kappa shape index (κ2) is 2.61. The van der Waals surface area contributed by atoms with Gasteiger partial charge in [0.05, 0.1) is 0 Å². The molecule has 1 nitrogen and oxygen atoms in total. The van der Waals surface area contributed by atoms with Crippen molar-refractivity contribution in [3.8, 4) is 12.3 Å². The molecule has 66 valence electrons. The minimum absolute atomic E-state index is 0.655. The van der Waals surface area contributed by atoms with Gasteiger partial charge in [-0.3, -0.25) is 0 Å². The van der Waals surface area contributed by atoms with Crippen LogP contribution in [0.5, 0.6) is 0 Å². The second-order valence-corrected chi connectivity index (χ2v) is 3.67. The summed E-state index contributed by atoms with van der Waals surface area (Å²) in [5.41, 5.74) is 2.25. The van der Waals surface area contributed by atoms with E-state index in [1.807, 2.05) is 13.0 Å². The third-order valence-electron chi connectivity index (χ3n) is 2.71. The average Bonchev–Trinajstić information content (AvgIpc) is 2.45. The Hall–Kier alpha value is -1.26. The molecule has 0 radical (unpaired) electrons. The van der Waals surface area contributed by atoms with Gasteiger partial charge in [-0.25, -0.2) is 0 Å². The Bertz CT molecular complexity index is 387. The summed E-state index contributed by atoms with van der Waals surface area (Å²) < 4.78 is 0. The van der Waals surface area contributed by atoms with Crippen LogP contribution in [0.4, 0.5) is 0 Å². The highest BCUT2D eigenvalue weighted by molar-refractivity contribution is 5.44. The Morgan fingerprint density at radius 1 is 1.54 bits per heavy atom. The molecule has 0 bridgehead atoms. The molecule has 0 aliphatic heterocycles. The number of fused-ring (bicyclic) bond motifs is 1. The number of benzene rings is 1. The first-order valence-corrected chi connectivity index (χ1v) is 4.46. The molecule has 0 aromatic heterocycles. The van der Waals surface area contributed by atoms with Crippen LogP contribution in [-0.2, 0) is 12.0 Å². The van der Waals surface area contributed by atoms with E-state index in [2.05, 4.69) is 18.1 Å². The van der Waals surface area contributed by atoms with Crippen LogP contribution in [0.1, 0.15) is 23.1 Å². The van der Waals surface area contributed by atoms with Crippen LogP contribution in [0.3, 0.4) is 0 Å². The fraction of sp³-hybridized carbons (Fsp3) is 0.333. The molecule has 1 N–H and O–H groups in total. The van der Waals surface area contributed by atoms with Crippen LogP contribution in [0.15, 0.2) is 18.2 Å². The smallest absolute Gasteiger partial charge is 0.151 e. The van der Waals surface area contributed by atoms with E-state index in [1.54, 1.807) is 0 Å². The third-order valence-corrected chi connectivity index (χ3v) is 2.71. The Balaban J connectivity index is 2.60. The minimum Gasteiger partial charge on any atom is -0.373 e. The first kappa shape index (κ1) is 8.34. The Kier molecular flexibility index (Phi) is 1.68. The fourth-order valence-electron chi connectivity index (χ4n) is 1.89. The minimum atomic E-state index is -1.01. The molecule has 1 heteroatoms. The van der Waals surface area contributed by atoms with Gasteiger partial charge in [0.2, 0.25) is 0 Å². The molecule has 1 aromatic rings. The summed E-state index contributed by atoms with van der Waals surface area (Å²) in [4.78, 5) is 0. The molecule has 13 heavy (non-hydrogen) atoms. The number of hydrogen-bond donors (Lipinski definition) is 1. The van der Waals surface area contributed by atoms with Gasteiger partial charge in [-0.1, -0.05) is 29.7 Å². The molecular weight excluding hydrogens is 160 g/mol. The summed E-state index contributed by atoms with van der Waals surface area (Å²) in [5.74, 6) is 2.48. The first-order chi connectivity index (χ1) is 6.15. The van der Waals surface area contributed by atoms with E-state index in [0.29, 0.717) is 6.42 Å². The highest BCUT2D eigenvalue weighted by atomic mass is 16.3. The van der Waals surface area contributed by atoms with Gasteiger partial charge in [0.25, 0.3) is 0 Å². The number of hydrogen-bond acceptors (Lipinski definition) is 1. The molecular formula is C12H12O. The van der Waals surface area contributed by atoms with Gasteiger partial charge in [0.15, 0.2) is 5.60 Å². The molecule has 1 aliphatic carbocycles. The quantitative estimate of drug-likeness (QED) is 0.591. The molecule has 0 saturated carbocycles. The maximum Gasteiger partial charge on any atom is 0.151 e. The molecule has 1 aromatic carbocycles. The normalized spacial score (nSPS) is 25.3. The lowest BCUT2D eigenvalue weighted by Gasteiger charge is -2.16. The highest BCUT2D eigenvalue weighted by Gasteiger charge is 2.34. The topological polar surface area (TPSA) is 20.2 Å². The van der Waals surface area contributed by atoms with Crippen LogP contribution in [0.2, 0.25) is 0 Å². The predicted octanol–water partition coefficient (Wildman–Crippen LogP) is 1.76. The van der Waals surface area contributed by atoms with Crippen molar-refractivity contribution in [1.82, 2.24) is 0 Å². The van der Waals surface area contributed by atoms with E-state index >= 15 is 0 Å². The van der Waals surface area contributed by atoms with E-state index < -0.39 is 5.60 Å². The largest absolute Gasteiger partial charge is 0.373 e. The molecule has 1 aliphatic rings. The van der Waals surface area contributed by atoms with Crippen LogP contribution in [0.25, 0.3) is 0 Å². The van der Waals surface area contributed by atoms with E-state index in [1.165, 1.54) is 5.56 Å². The SMILES string of the molecule is C#CC1(O)CCc2ccc(C)cc21. The summed E-state index contributed by atoms with van der Waals surface area (Å²) in [5, 5.41) is 10.0. The van der Waals surface area contributed by atoms with Crippen LogP contribution in [-0.4, -0.2) is 5.11 Å². The zero-order chi connectivity index (χ0) is 9.47. The number of aryl methyl sites for hydroxylation is 2. The molecule has 0 fully saturated rings. The van der Waals surface area contributed by atoms with Gasteiger partial charge in [-0.2, -0.15) is 0 Å². The lowest BCUT2D eigenvalue weighted by molar-refractivity contribution is 0.103. The fourth-order valence-corrected chi connectivity index (χ4v) is 1.89. The summed E-state index contributed by atoms with van der Waals surface area (Å²) >= 11 is 0. The lowest BCUT2D eigenvalue weighted by Crippen LogP contribution is -2.19. The zero-order valence-electron chi connectivity index (χ0n) is 7.67.